The van der Waals surface area contributed by atoms with Crippen molar-refractivity contribution in [1.82, 2.24) is 10.4 Å². The monoisotopic (exact) mass is 167 g/mol. The van der Waals surface area contributed by atoms with Gasteiger partial charge >= 0.3 is 0 Å². The van der Waals surface area contributed by atoms with Crippen molar-refractivity contribution < 1.29 is 0 Å². The Hall–Kier alpha value is -0.830. The average Bonchev–Trinajstić information content (AvgIpc) is 2.51. The Balaban J connectivity index is 2.16. The molecule has 12 heavy (non-hydrogen) atoms. The summed E-state index contributed by atoms with van der Waals surface area (Å²) in [4.78, 5) is 4.05. The largest absolute Gasteiger partial charge is 0.297 e. The Morgan fingerprint density at radius 3 is 3.00 bits per heavy atom. The molecule has 1 N–H and O–H groups in total. The van der Waals surface area contributed by atoms with E-state index in [2.05, 4.69) is 30.8 Å². The van der Waals surface area contributed by atoms with Gasteiger partial charge in [-0.15, -0.1) is 0 Å². The van der Waals surface area contributed by atoms with Crippen molar-refractivity contribution in [3.63, 3.8) is 0 Å². The third-order valence-corrected chi connectivity index (χ3v) is 2.08. The number of hydrogen-bond donors (Lipinski definition) is 1. The summed E-state index contributed by atoms with van der Waals surface area (Å²) < 4.78 is 0. The predicted octanol–water partition coefficient (Wildman–Crippen LogP) is 1.39. The lowest BCUT2D eigenvalue weighted by Crippen LogP contribution is -2.32. The maximum atomic E-state index is 4.05. The van der Waals surface area contributed by atoms with E-state index in [9.17, 15) is 0 Å². The van der Waals surface area contributed by atoms with Gasteiger partial charge in [0.15, 0.2) is 0 Å². The van der Waals surface area contributed by atoms with Crippen molar-refractivity contribution >= 4 is 6.34 Å². The third-order valence-electron chi connectivity index (χ3n) is 2.08. The molecule has 0 atom stereocenters. The van der Waals surface area contributed by atoms with Crippen LogP contribution in [0.5, 0.6) is 0 Å². The minimum atomic E-state index is 0.588. The van der Waals surface area contributed by atoms with Gasteiger partial charge in [-0.3, -0.25) is 10.0 Å². The van der Waals surface area contributed by atoms with E-state index in [1.54, 1.807) is 0 Å². The van der Waals surface area contributed by atoms with Gasteiger partial charge in [-0.1, -0.05) is 26.0 Å². The Bertz CT molecular complexity index is 184. The van der Waals surface area contributed by atoms with Crippen LogP contribution in [0.2, 0.25) is 0 Å². The number of hydrazine groups is 1. The van der Waals surface area contributed by atoms with E-state index in [0.717, 1.165) is 13.0 Å². The van der Waals surface area contributed by atoms with Crippen LogP contribution in [-0.2, 0) is 0 Å². The summed E-state index contributed by atoms with van der Waals surface area (Å²) in [7, 11) is 0. The molecule has 68 valence electrons. The molecule has 0 amide bonds. The first kappa shape index (κ1) is 9.26. The van der Waals surface area contributed by atoms with Crippen LogP contribution in [0.1, 0.15) is 20.3 Å². The molecule has 0 radical (unpaired) electrons. The van der Waals surface area contributed by atoms with Crippen molar-refractivity contribution in [1.29, 1.82) is 0 Å². The van der Waals surface area contributed by atoms with E-state index >= 15 is 0 Å². The number of nitrogens with zero attached hydrogens (tertiary/aromatic N) is 2. The molecule has 1 rings (SSSR count). The molecule has 0 spiro atoms. The van der Waals surface area contributed by atoms with E-state index < -0.39 is 0 Å². The minimum absolute atomic E-state index is 0.588. The molecule has 0 fully saturated rings. The maximum absolute atomic E-state index is 4.05. The van der Waals surface area contributed by atoms with Gasteiger partial charge in [0.05, 0.1) is 0 Å². The van der Waals surface area contributed by atoms with E-state index in [0.29, 0.717) is 12.6 Å². The minimum Gasteiger partial charge on any atom is -0.297 e. The highest BCUT2D eigenvalue weighted by Gasteiger charge is 2.05. The SMILES string of the molecule is C=C(CCN1C=NCN1)C(C)C. The Morgan fingerprint density at radius 1 is 1.75 bits per heavy atom. The summed E-state index contributed by atoms with van der Waals surface area (Å²) in [5.41, 5.74) is 4.42. The fraction of sp³-hybridized carbons (Fsp3) is 0.667. The molecule has 0 bridgehead atoms. The number of rotatable bonds is 4. The molecule has 3 heteroatoms. The van der Waals surface area contributed by atoms with E-state index in [1.165, 1.54) is 5.57 Å². The van der Waals surface area contributed by atoms with Crippen LogP contribution in [0, 0.1) is 5.92 Å². The topological polar surface area (TPSA) is 27.6 Å². The standard InChI is InChI=1S/C9H17N3/c1-8(2)9(3)4-5-12-7-10-6-11-12/h7-8,11H,3-6H2,1-2H3. The lowest BCUT2D eigenvalue weighted by Gasteiger charge is -2.16. The van der Waals surface area contributed by atoms with Crippen LogP contribution in [-0.4, -0.2) is 24.6 Å². The molecule has 0 aromatic rings. The second-order valence-electron chi connectivity index (χ2n) is 3.37. The van der Waals surface area contributed by atoms with Crippen molar-refractivity contribution in [2.24, 2.45) is 10.9 Å². The van der Waals surface area contributed by atoms with Crippen LogP contribution in [0.15, 0.2) is 17.1 Å². The van der Waals surface area contributed by atoms with Gasteiger partial charge in [0.2, 0.25) is 0 Å². The molecule has 0 saturated carbocycles. The lowest BCUT2D eigenvalue weighted by atomic mass is 10.0. The second kappa shape index (κ2) is 4.26. The van der Waals surface area contributed by atoms with Crippen molar-refractivity contribution in [3.05, 3.63) is 12.2 Å². The quantitative estimate of drug-likeness (QED) is 0.641. The highest BCUT2D eigenvalue weighted by atomic mass is 15.6. The lowest BCUT2D eigenvalue weighted by molar-refractivity contribution is 0.349. The summed E-state index contributed by atoms with van der Waals surface area (Å²) in [6, 6.07) is 0. The fourth-order valence-electron chi connectivity index (χ4n) is 1.00. The Morgan fingerprint density at radius 2 is 2.50 bits per heavy atom. The molecule has 3 nitrogen and oxygen atoms in total. The van der Waals surface area contributed by atoms with Crippen LogP contribution in [0.25, 0.3) is 0 Å². The van der Waals surface area contributed by atoms with E-state index in [4.69, 9.17) is 0 Å². The molecule has 1 aliphatic heterocycles. The van der Waals surface area contributed by atoms with Crippen molar-refractivity contribution in [3.8, 4) is 0 Å². The Labute approximate surface area is 74.1 Å². The molecular weight excluding hydrogens is 150 g/mol. The molecule has 0 unspecified atom stereocenters. The first-order valence-electron chi connectivity index (χ1n) is 4.38. The Kier molecular flexibility index (Phi) is 3.29. The zero-order valence-corrected chi connectivity index (χ0v) is 7.88. The van der Waals surface area contributed by atoms with Gasteiger partial charge in [0.1, 0.15) is 13.0 Å². The summed E-state index contributed by atoms with van der Waals surface area (Å²) in [6.07, 6.45) is 2.88. The van der Waals surface area contributed by atoms with Gasteiger partial charge < -0.3 is 0 Å². The van der Waals surface area contributed by atoms with Crippen molar-refractivity contribution in [2.45, 2.75) is 20.3 Å². The average molecular weight is 167 g/mol. The zero-order valence-electron chi connectivity index (χ0n) is 7.88. The van der Waals surface area contributed by atoms with E-state index in [-0.39, 0.29) is 0 Å². The van der Waals surface area contributed by atoms with Crippen LogP contribution in [0.4, 0.5) is 0 Å². The van der Waals surface area contributed by atoms with Crippen molar-refractivity contribution in [2.75, 3.05) is 13.2 Å². The highest BCUT2D eigenvalue weighted by molar-refractivity contribution is 5.55. The van der Waals surface area contributed by atoms with Gasteiger partial charge in [-0.25, -0.2) is 5.43 Å². The second-order valence-corrected chi connectivity index (χ2v) is 3.37. The highest BCUT2D eigenvalue weighted by Crippen LogP contribution is 2.10. The van der Waals surface area contributed by atoms with Gasteiger partial charge in [0.25, 0.3) is 0 Å². The van der Waals surface area contributed by atoms with E-state index in [1.807, 2.05) is 11.3 Å². The summed E-state index contributed by atoms with van der Waals surface area (Å²) in [6.45, 7) is 10.1. The van der Waals surface area contributed by atoms with Crippen LogP contribution in [0.3, 0.4) is 0 Å². The third kappa shape index (κ3) is 2.66. The number of hydrogen-bond acceptors (Lipinski definition) is 3. The molecule has 0 aromatic heterocycles. The molecular formula is C9H17N3. The molecule has 1 heterocycles. The molecule has 0 aliphatic carbocycles. The predicted molar refractivity (Wildman–Crippen MR) is 51.8 cm³/mol. The smallest absolute Gasteiger partial charge is 0.107 e. The molecule has 0 saturated heterocycles. The first-order valence-corrected chi connectivity index (χ1v) is 4.38. The maximum Gasteiger partial charge on any atom is 0.107 e. The normalized spacial score (nSPS) is 16.1. The summed E-state index contributed by atoms with van der Waals surface area (Å²) >= 11 is 0. The molecule has 1 aliphatic rings. The number of nitrogens with one attached hydrogen (secondary N) is 1. The van der Waals surface area contributed by atoms with Crippen LogP contribution >= 0.6 is 0 Å². The fourth-order valence-corrected chi connectivity index (χ4v) is 1.00. The summed E-state index contributed by atoms with van der Waals surface area (Å²) in [5, 5.41) is 2.01. The summed E-state index contributed by atoms with van der Waals surface area (Å²) in [5.74, 6) is 0.588. The van der Waals surface area contributed by atoms with Gasteiger partial charge in [-0.2, -0.15) is 0 Å². The van der Waals surface area contributed by atoms with Crippen LogP contribution < -0.4 is 5.43 Å². The van der Waals surface area contributed by atoms with Gasteiger partial charge in [-0.05, 0) is 12.3 Å². The molecule has 0 aromatic carbocycles. The first-order chi connectivity index (χ1) is 5.70. The number of aliphatic imine (C=N–C) groups is 1. The zero-order chi connectivity index (χ0) is 8.97. The van der Waals surface area contributed by atoms with Gasteiger partial charge in [0, 0.05) is 6.54 Å².